The lowest BCUT2D eigenvalue weighted by atomic mass is 10.2. The van der Waals surface area contributed by atoms with Crippen molar-refractivity contribution in [3.8, 4) is 0 Å². The third-order valence-corrected chi connectivity index (χ3v) is 4.78. The van der Waals surface area contributed by atoms with E-state index in [9.17, 15) is 18.0 Å². The molecular weight excluding hydrogens is 353 g/mol. The largest absolute Gasteiger partial charge is 0.416 e. The standard InChI is InChI=1S/C16H17F3N4OS/c1-2-23-14(10-6-7-10)21-22-15(23)25-9-13(24)20-12-5-3-4-11(8-12)16(17,18)19/h3-5,8,10H,2,6-7,9H2,1H3,(H,20,24). The van der Waals surface area contributed by atoms with Gasteiger partial charge in [-0.15, -0.1) is 10.2 Å². The van der Waals surface area contributed by atoms with Gasteiger partial charge in [0, 0.05) is 18.2 Å². The van der Waals surface area contributed by atoms with Crippen molar-refractivity contribution in [3.63, 3.8) is 0 Å². The third-order valence-electron chi connectivity index (χ3n) is 3.81. The molecule has 9 heteroatoms. The predicted octanol–water partition coefficient (Wildman–Crippen LogP) is 3.93. The minimum atomic E-state index is -4.44. The number of aromatic nitrogens is 3. The Morgan fingerprint density at radius 2 is 2.12 bits per heavy atom. The molecule has 1 aliphatic carbocycles. The summed E-state index contributed by atoms with van der Waals surface area (Å²) in [6, 6.07) is 4.58. The van der Waals surface area contributed by atoms with E-state index >= 15 is 0 Å². The highest BCUT2D eigenvalue weighted by Crippen LogP contribution is 2.40. The van der Waals surface area contributed by atoms with E-state index in [-0.39, 0.29) is 17.3 Å². The van der Waals surface area contributed by atoms with E-state index in [1.54, 1.807) is 0 Å². The molecule has 1 aromatic heterocycles. The number of rotatable bonds is 6. The number of alkyl halides is 3. The summed E-state index contributed by atoms with van der Waals surface area (Å²) in [6.07, 6.45) is -2.22. The first-order chi connectivity index (χ1) is 11.9. The van der Waals surface area contributed by atoms with Crippen LogP contribution in [-0.4, -0.2) is 26.4 Å². The highest BCUT2D eigenvalue weighted by atomic mass is 32.2. The van der Waals surface area contributed by atoms with Crippen LogP contribution in [0.2, 0.25) is 0 Å². The zero-order chi connectivity index (χ0) is 18.0. The van der Waals surface area contributed by atoms with Crippen molar-refractivity contribution in [1.82, 2.24) is 14.8 Å². The van der Waals surface area contributed by atoms with Crippen molar-refractivity contribution in [2.75, 3.05) is 11.1 Å². The lowest BCUT2D eigenvalue weighted by Crippen LogP contribution is -2.15. The molecule has 0 aliphatic heterocycles. The molecule has 25 heavy (non-hydrogen) atoms. The van der Waals surface area contributed by atoms with Crippen molar-refractivity contribution < 1.29 is 18.0 Å². The molecule has 0 atom stereocenters. The van der Waals surface area contributed by atoms with Crippen molar-refractivity contribution in [2.24, 2.45) is 0 Å². The molecule has 1 saturated carbocycles. The van der Waals surface area contributed by atoms with E-state index in [0.717, 1.165) is 37.3 Å². The minimum Gasteiger partial charge on any atom is -0.325 e. The number of nitrogens with zero attached hydrogens (tertiary/aromatic N) is 3. The van der Waals surface area contributed by atoms with Gasteiger partial charge in [-0.25, -0.2) is 0 Å². The molecule has 134 valence electrons. The van der Waals surface area contributed by atoms with Gasteiger partial charge in [-0.3, -0.25) is 4.79 Å². The zero-order valence-electron chi connectivity index (χ0n) is 13.5. The van der Waals surface area contributed by atoms with Crippen LogP contribution in [0.15, 0.2) is 29.4 Å². The number of carbonyl (C=O) groups excluding carboxylic acids is 1. The Morgan fingerprint density at radius 3 is 2.76 bits per heavy atom. The number of benzene rings is 1. The van der Waals surface area contributed by atoms with E-state index in [1.165, 1.54) is 23.9 Å². The summed E-state index contributed by atoms with van der Waals surface area (Å²) < 4.78 is 40.1. The first kappa shape index (κ1) is 17.8. The Bertz CT molecular complexity index is 771. The molecule has 0 spiro atoms. The fourth-order valence-corrected chi connectivity index (χ4v) is 3.26. The van der Waals surface area contributed by atoms with E-state index in [4.69, 9.17) is 0 Å². The van der Waals surface area contributed by atoms with Crippen molar-refractivity contribution in [1.29, 1.82) is 0 Å². The molecule has 1 heterocycles. The summed E-state index contributed by atoms with van der Waals surface area (Å²) in [5, 5.41) is 11.4. The summed E-state index contributed by atoms with van der Waals surface area (Å²) in [5.74, 6) is 1.07. The van der Waals surface area contributed by atoms with Gasteiger partial charge < -0.3 is 9.88 Å². The number of halogens is 3. The number of amides is 1. The Labute approximate surface area is 147 Å². The molecule has 1 fully saturated rings. The average Bonchev–Trinajstić information content (AvgIpc) is 3.32. The van der Waals surface area contributed by atoms with Gasteiger partial charge in [0.2, 0.25) is 5.91 Å². The smallest absolute Gasteiger partial charge is 0.325 e. The monoisotopic (exact) mass is 370 g/mol. The maximum atomic E-state index is 12.7. The fraction of sp³-hybridized carbons (Fsp3) is 0.438. The van der Waals surface area contributed by atoms with Crippen LogP contribution in [0.25, 0.3) is 0 Å². The Morgan fingerprint density at radius 1 is 1.36 bits per heavy atom. The second-order valence-electron chi connectivity index (χ2n) is 5.77. The quantitative estimate of drug-likeness (QED) is 0.783. The molecule has 0 saturated heterocycles. The molecule has 0 radical (unpaired) electrons. The zero-order valence-corrected chi connectivity index (χ0v) is 14.3. The molecule has 1 N–H and O–H groups in total. The van der Waals surface area contributed by atoms with Crippen LogP contribution in [0.1, 0.15) is 37.1 Å². The van der Waals surface area contributed by atoms with Crippen molar-refractivity contribution >= 4 is 23.4 Å². The predicted molar refractivity (Wildman–Crippen MR) is 88.5 cm³/mol. The Kier molecular flexibility index (Phi) is 5.03. The molecule has 5 nitrogen and oxygen atoms in total. The van der Waals surface area contributed by atoms with Crippen molar-refractivity contribution in [2.45, 2.75) is 43.6 Å². The van der Waals surface area contributed by atoms with Crippen LogP contribution < -0.4 is 5.32 Å². The summed E-state index contributed by atoms with van der Waals surface area (Å²) in [5.41, 5.74) is -0.672. The fourth-order valence-electron chi connectivity index (χ4n) is 2.45. The van der Waals surface area contributed by atoms with E-state index in [0.29, 0.717) is 11.1 Å². The maximum absolute atomic E-state index is 12.7. The lowest BCUT2D eigenvalue weighted by molar-refractivity contribution is -0.137. The van der Waals surface area contributed by atoms with Crippen LogP contribution in [0, 0.1) is 0 Å². The number of hydrogen-bond acceptors (Lipinski definition) is 4. The normalized spacial score (nSPS) is 14.6. The first-order valence-electron chi connectivity index (χ1n) is 7.91. The van der Waals surface area contributed by atoms with Crippen LogP contribution in [0.4, 0.5) is 18.9 Å². The molecule has 2 aromatic rings. The first-order valence-corrected chi connectivity index (χ1v) is 8.90. The number of carbonyl (C=O) groups is 1. The van der Waals surface area contributed by atoms with E-state index < -0.39 is 11.7 Å². The summed E-state index contributed by atoms with van der Waals surface area (Å²) >= 11 is 1.23. The summed E-state index contributed by atoms with van der Waals surface area (Å²) in [6.45, 7) is 2.71. The highest BCUT2D eigenvalue weighted by molar-refractivity contribution is 7.99. The van der Waals surface area contributed by atoms with Gasteiger partial charge in [-0.05, 0) is 38.0 Å². The van der Waals surface area contributed by atoms with Gasteiger partial charge >= 0.3 is 6.18 Å². The molecular formula is C16H17F3N4OS. The summed E-state index contributed by atoms with van der Waals surface area (Å²) in [7, 11) is 0. The number of anilines is 1. The minimum absolute atomic E-state index is 0.0546. The van der Waals surface area contributed by atoms with E-state index in [2.05, 4.69) is 15.5 Å². The molecule has 3 rings (SSSR count). The lowest BCUT2D eigenvalue weighted by Gasteiger charge is -2.10. The summed E-state index contributed by atoms with van der Waals surface area (Å²) in [4.78, 5) is 12.0. The molecule has 1 aliphatic rings. The Balaban J connectivity index is 1.60. The van der Waals surface area contributed by atoms with E-state index in [1.807, 2.05) is 11.5 Å². The van der Waals surface area contributed by atoms with Gasteiger partial charge in [-0.2, -0.15) is 13.2 Å². The molecule has 0 unspecified atom stereocenters. The van der Waals surface area contributed by atoms with Gasteiger partial charge in [0.05, 0.1) is 11.3 Å². The van der Waals surface area contributed by atoms with Crippen molar-refractivity contribution in [3.05, 3.63) is 35.7 Å². The third kappa shape index (κ3) is 4.33. The van der Waals surface area contributed by atoms with Gasteiger partial charge in [0.15, 0.2) is 5.16 Å². The SMILES string of the molecule is CCn1c(SCC(=O)Nc2cccc(C(F)(F)F)c2)nnc1C1CC1. The van der Waals surface area contributed by atoms with Crippen LogP contribution in [0.5, 0.6) is 0 Å². The van der Waals surface area contributed by atoms with Gasteiger partial charge in [0.25, 0.3) is 0 Å². The molecule has 1 amide bonds. The second-order valence-corrected chi connectivity index (χ2v) is 6.72. The van der Waals surface area contributed by atoms with Gasteiger partial charge in [-0.1, -0.05) is 17.8 Å². The van der Waals surface area contributed by atoms with Crippen LogP contribution in [0.3, 0.4) is 0 Å². The topological polar surface area (TPSA) is 59.8 Å². The number of thioether (sulfide) groups is 1. The second kappa shape index (κ2) is 7.07. The Hall–Kier alpha value is -2.03. The maximum Gasteiger partial charge on any atom is 0.416 e. The van der Waals surface area contributed by atoms with Crippen LogP contribution in [-0.2, 0) is 17.5 Å². The van der Waals surface area contributed by atoms with Crippen LogP contribution >= 0.6 is 11.8 Å². The number of nitrogens with one attached hydrogen (secondary N) is 1. The molecule has 0 bridgehead atoms. The molecule has 1 aromatic carbocycles. The highest BCUT2D eigenvalue weighted by Gasteiger charge is 2.31. The van der Waals surface area contributed by atoms with Gasteiger partial charge in [0.1, 0.15) is 5.82 Å². The average molecular weight is 370 g/mol. The number of hydrogen-bond donors (Lipinski definition) is 1.